The Morgan fingerprint density at radius 3 is 2.77 bits per heavy atom. The van der Waals surface area contributed by atoms with Gasteiger partial charge in [0.1, 0.15) is 17.5 Å². The van der Waals surface area contributed by atoms with Crippen molar-refractivity contribution in [1.82, 2.24) is 9.97 Å². The molecule has 0 spiro atoms. The van der Waals surface area contributed by atoms with Crippen molar-refractivity contribution >= 4 is 5.82 Å². The molecule has 5 heteroatoms. The van der Waals surface area contributed by atoms with Gasteiger partial charge < -0.3 is 10.5 Å². The van der Waals surface area contributed by atoms with Crippen molar-refractivity contribution in [3.63, 3.8) is 0 Å². The third-order valence-electron chi connectivity index (χ3n) is 4.05. The third-order valence-corrected chi connectivity index (χ3v) is 4.05. The van der Waals surface area contributed by atoms with Gasteiger partial charge in [-0.1, -0.05) is 12.5 Å². The van der Waals surface area contributed by atoms with Gasteiger partial charge in [-0.15, -0.1) is 0 Å². The van der Waals surface area contributed by atoms with E-state index in [4.69, 9.17) is 10.5 Å². The molecular formula is C17H18N4O. The van der Waals surface area contributed by atoms with E-state index in [1.165, 1.54) is 6.42 Å². The number of methoxy groups -OCH3 is 1. The lowest BCUT2D eigenvalue weighted by atomic mass is 9.94. The lowest BCUT2D eigenvalue weighted by molar-refractivity contribution is 0.398. The number of pyridine rings is 2. The minimum absolute atomic E-state index is 0.294. The Bertz CT molecular complexity index is 749. The fourth-order valence-electron chi connectivity index (χ4n) is 3.00. The van der Waals surface area contributed by atoms with Crippen LogP contribution in [0.3, 0.4) is 0 Å². The van der Waals surface area contributed by atoms with Crippen LogP contribution in [0, 0.1) is 11.3 Å². The number of hydrogen-bond donors (Lipinski definition) is 1. The fraction of sp³-hybridized carbons (Fsp3) is 0.353. The molecule has 1 aliphatic carbocycles. The summed E-state index contributed by atoms with van der Waals surface area (Å²) in [7, 11) is 1.58. The van der Waals surface area contributed by atoms with E-state index < -0.39 is 0 Å². The molecule has 2 aromatic rings. The number of nitrogen functional groups attached to an aromatic ring is 1. The summed E-state index contributed by atoms with van der Waals surface area (Å²) in [5, 5.41) is 9.53. The molecule has 0 aromatic carbocycles. The van der Waals surface area contributed by atoms with Crippen molar-refractivity contribution in [2.75, 3.05) is 12.8 Å². The number of ether oxygens (including phenoxy) is 1. The predicted molar refractivity (Wildman–Crippen MR) is 84.4 cm³/mol. The van der Waals surface area contributed by atoms with Crippen molar-refractivity contribution in [3.05, 3.63) is 35.0 Å². The van der Waals surface area contributed by atoms with Gasteiger partial charge in [0, 0.05) is 17.3 Å². The normalized spacial score (nSPS) is 13.8. The summed E-state index contributed by atoms with van der Waals surface area (Å²) in [5.74, 6) is 0.821. The minimum Gasteiger partial charge on any atom is -0.481 e. The standard InChI is InChI=1S/C17H18N4O/c1-22-15-9-5-8-14(20-15)16-11-6-3-2-4-7-13(11)21-17(19)12(16)10-18/h5,8-9H,2-4,6-7H2,1H3,(H2,19,21). The lowest BCUT2D eigenvalue weighted by Gasteiger charge is -2.15. The van der Waals surface area contributed by atoms with Crippen LogP contribution in [0.2, 0.25) is 0 Å². The second-order valence-corrected chi connectivity index (χ2v) is 5.41. The average molecular weight is 294 g/mol. The summed E-state index contributed by atoms with van der Waals surface area (Å²) >= 11 is 0. The highest BCUT2D eigenvalue weighted by molar-refractivity contribution is 5.77. The molecule has 2 aromatic heterocycles. The summed E-state index contributed by atoms with van der Waals surface area (Å²) in [6.45, 7) is 0. The largest absolute Gasteiger partial charge is 0.481 e. The Kier molecular flexibility index (Phi) is 3.92. The highest BCUT2D eigenvalue weighted by Gasteiger charge is 2.22. The first-order chi connectivity index (χ1) is 10.7. The number of rotatable bonds is 2. The van der Waals surface area contributed by atoms with Gasteiger partial charge in [0.05, 0.1) is 12.8 Å². The van der Waals surface area contributed by atoms with Crippen LogP contribution in [0.4, 0.5) is 5.82 Å². The van der Waals surface area contributed by atoms with Crippen LogP contribution < -0.4 is 10.5 Å². The second-order valence-electron chi connectivity index (χ2n) is 5.41. The Balaban J connectivity index is 2.28. The topological polar surface area (TPSA) is 84.8 Å². The molecular weight excluding hydrogens is 276 g/mol. The molecule has 0 bridgehead atoms. The van der Waals surface area contributed by atoms with E-state index in [0.717, 1.165) is 48.2 Å². The first-order valence-electron chi connectivity index (χ1n) is 7.47. The number of fused-ring (bicyclic) bond motifs is 1. The zero-order valence-corrected chi connectivity index (χ0v) is 12.6. The van der Waals surface area contributed by atoms with E-state index in [1.807, 2.05) is 12.1 Å². The number of aromatic nitrogens is 2. The highest BCUT2D eigenvalue weighted by atomic mass is 16.5. The average Bonchev–Trinajstić information content (AvgIpc) is 2.78. The van der Waals surface area contributed by atoms with Crippen molar-refractivity contribution in [3.8, 4) is 23.2 Å². The number of anilines is 1. The van der Waals surface area contributed by atoms with Crippen LogP contribution >= 0.6 is 0 Å². The number of hydrogen-bond acceptors (Lipinski definition) is 5. The van der Waals surface area contributed by atoms with Crippen LogP contribution in [-0.2, 0) is 12.8 Å². The number of aryl methyl sites for hydroxylation is 1. The molecule has 22 heavy (non-hydrogen) atoms. The summed E-state index contributed by atoms with van der Waals surface area (Å²) in [5.41, 5.74) is 10.1. The Morgan fingerprint density at radius 1 is 1.18 bits per heavy atom. The molecule has 0 fully saturated rings. The summed E-state index contributed by atoms with van der Waals surface area (Å²) in [6.07, 6.45) is 5.19. The molecule has 0 saturated carbocycles. The molecule has 1 aliphatic rings. The van der Waals surface area contributed by atoms with Gasteiger partial charge in [0.15, 0.2) is 0 Å². The molecule has 2 heterocycles. The van der Waals surface area contributed by atoms with E-state index in [2.05, 4.69) is 16.0 Å². The zero-order chi connectivity index (χ0) is 15.5. The molecule has 0 radical (unpaired) electrons. The van der Waals surface area contributed by atoms with E-state index in [9.17, 15) is 5.26 Å². The zero-order valence-electron chi connectivity index (χ0n) is 12.6. The number of nitrogens with two attached hydrogens (primary N) is 1. The molecule has 0 amide bonds. The van der Waals surface area contributed by atoms with Gasteiger partial charge in [0.2, 0.25) is 5.88 Å². The van der Waals surface area contributed by atoms with E-state index in [0.29, 0.717) is 17.3 Å². The quantitative estimate of drug-likeness (QED) is 0.861. The van der Waals surface area contributed by atoms with Crippen LogP contribution in [0.1, 0.15) is 36.1 Å². The van der Waals surface area contributed by atoms with Crippen LogP contribution in [0.5, 0.6) is 5.88 Å². The van der Waals surface area contributed by atoms with Gasteiger partial charge in [-0.05, 0) is 37.3 Å². The molecule has 5 nitrogen and oxygen atoms in total. The molecule has 0 unspecified atom stereocenters. The van der Waals surface area contributed by atoms with Gasteiger partial charge in [-0.3, -0.25) is 0 Å². The molecule has 112 valence electrons. The maximum atomic E-state index is 9.53. The smallest absolute Gasteiger partial charge is 0.213 e. The van der Waals surface area contributed by atoms with Crippen LogP contribution in [-0.4, -0.2) is 17.1 Å². The Labute approximate surface area is 129 Å². The van der Waals surface area contributed by atoms with Gasteiger partial charge in [-0.25, -0.2) is 9.97 Å². The minimum atomic E-state index is 0.294. The van der Waals surface area contributed by atoms with Crippen LogP contribution in [0.25, 0.3) is 11.3 Å². The molecule has 0 atom stereocenters. The van der Waals surface area contributed by atoms with E-state index >= 15 is 0 Å². The van der Waals surface area contributed by atoms with Gasteiger partial charge >= 0.3 is 0 Å². The molecule has 3 rings (SSSR count). The summed E-state index contributed by atoms with van der Waals surface area (Å²) in [4.78, 5) is 8.96. The Morgan fingerprint density at radius 2 is 2.00 bits per heavy atom. The number of nitrogens with zero attached hydrogens (tertiary/aromatic N) is 3. The predicted octanol–water partition coefficient (Wildman–Crippen LogP) is 2.87. The van der Waals surface area contributed by atoms with Gasteiger partial charge in [0.25, 0.3) is 0 Å². The first kappa shape index (κ1) is 14.3. The highest BCUT2D eigenvalue weighted by Crippen LogP contribution is 2.34. The number of nitriles is 1. The van der Waals surface area contributed by atoms with Crippen molar-refractivity contribution < 1.29 is 4.74 Å². The molecule has 2 N–H and O–H groups in total. The molecule has 0 aliphatic heterocycles. The van der Waals surface area contributed by atoms with Crippen molar-refractivity contribution in [2.24, 2.45) is 0 Å². The third kappa shape index (κ3) is 2.48. The maximum Gasteiger partial charge on any atom is 0.213 e. The van der Waals surface area contributed by atoms with Crippen LogP contribution in [0.15, 0.2) is 18.2 Å². The second kappa shape index (κ2) is 6.02. The first-order valence-corrected chi connectivity index (χ1v) is 7.47. The van der Waals surface area contributed by atoms with Crippen molar-refractivity contribution in [2.45, 2.75) is 32.1 Å². The van der Waals surface area contributed by atoms with Gasteiger partial charge in [-0.2, -0.15) is 5.26 Å². The summed E-state index contributed by atoms with van der Waals surface area (Å²) in [6, 6.07) is 7.76. The summed E-state index contributed by atoms with van der Waals surface area (Å²) < 4.78 is 5.21. The Hall–Kier alpha value is -2.61. The van der Waals surface area contributed by atoms with Crippen molar-refractivity contribution in [1.29, 1.82) is 5.26 Å². The maximum absolute atomic E-state index is 9.53. The monoisotopic (exact) mass is 294 g/mol. The fourth-order valence-corrected chi connectivity index (χ4v) is 3.00. The van der Waals surface area contributed by atoms with E-state index in [1.54, 1.807) is 13.2 Å². The SMILES string of the molecule is COc1cccc(-c2c(C#N)c(N)nc3c2CCCCC3)n1. The molecule has 0 saturated heterocycles. The lowest BCUT2D eigenvalue weighted by Crippen LogP contribution is -2.07. The van der Waals surface area contributed by atoms with E-state index in [-0.39, 0.29) is 0 Å².